The molecule has 0 aliphatic carbocycles. The maximum Gasteiger partial charge on any atom is 0.0577 e. The van der Waals surface area contributed by atoms with Crippen LogP contribution in [0.5, 0.6) is 0 Å². The van der Waals surface area contributed by atoms with Crippen LogP contribution in [0.2, 0.25) is 10.0 Å². The highest BCUT2D eigenvalue weighted by Crippen LogP contribution is 2.28. The second-order valence-electron chi connectivity index (χ2n) is 4.79. The molecule has 0 heterocycles. The zero-order valence-corrected chi connectivity index (χ0v) is 13.3. The Labute approximate surface area is 130 Å². The Hall–Kier alpha value is -1.02. The van der Waals surface area contributed by atoms with Crippen molar-refractivity contribution < 1.29 is 0 Å². The van der Waals surface area contributed by atoms with E-state index in [0.29, 0.717) is 10.0 Å². The molecule has 2 aromatic carbocycles. The molecule has 1 nitrogen and oxygen atoms in total. The van der Waals surface area contributed by atoms with E-state index in [9.17, 15) is 0 Å². The molecule has 0 aliphatic heterocycles. The molecule has 0 aliphatic rings. The van der Waals surface area contributed by atoms with Crippen LogP contribution in [0.15, 0.2) is 42.5 Å². The van der Waals surface area contributed by atoms with Crippen LogP contribution in [0.1, 0.15) is 36.6 Å². The number of rotatable bonds is 5. The Balaban J connectivity index is 2.43. The highest BCUT2D eigenvalue weighted by Gasteiger charge is 2.14. The fourth-order valence-electron chi connectivity index (χ4n) is 2.37. The highest BCUT2D eigenvalue weighted by atomic mass is 35.5. The van der Waals surface area contributed by atoms with Crippen LogP contribution in [0, 0.1) is 0 Å². The number of nitrogens with one attached hydrogen (secondary N) is 1. The second-order valence-corrected chi connectivity index (χ2v) is 5.66. The normalized spacial score (nSPS) is 12.4. The first-order valence-electron chi connectivity index (χ1n) is 6.92. The van der Waals surface area contributed by atoms with E-state index < -0.39 is 0 Å². The van der Waals surface area contributed by atoms with Gasteiger partial charge in [-0.25, -0.2) is 0 Å². The fourth-order valence-corrected chi connectivity index (χ4v) is 2.91. The lowest BCUT2D eigenvalue weighted by molar-refractivity contribution is 0.630. The molecule has 0 fully saturated rings. The lowest BCUT2D eigenvalue weighted by atomic mass is 9.96. The van der Waals surface area contributed by atoms with Gasteiger partial charge in [0.15, 0.2) is 0 Å². The number of benzene rings is 2. The van der Waals surface area contributed by atoms with Crippen LogP contribution in [0.3, 0.4) is 0 Å². The Bertz CT molecular complexity index is 561. The minimum atomic E-state index is 0.114. The van der Waals surface area contributed by atoms with Gasteiger partial charge in [0.1, 0.15) is 0 Å². The monoisotopic (exact) mass is 307 g/mol. The summed E-state index contributed by atoms with van der Waals surface area (Å²) in [5, 5.41) is 4.84. The molecular formula is C17H19Cl2N. The van der Waals surface area contributed by atoms with Crippen LogP contribution in [0.4, 0.5) is 0 Å². The molecule has 20 heavy (non-hydrogen) atoms. The summed E-state index contributed by atoms with van der Waals surface area (Å²) in [5.41, 5.74) is 3.67. The van der Waals surface area contributed by atoms with E-state index in [1.807, 2.05) is 12.1 Å². The molecule has 0 saturated carbocycles. The summed E-state index contributed by atoms with van der Waals surface area (Å²) >= 11 is 12.3. The largest absolute Gasteiger partial charge is 0.307 e. The first kappa shape index (κ1) is 15.4. The molecular weight excluding hydrogens is 289 g/mol. The van der Waals surface area contributed by atoms with Gasteiger partial charge in [0.25, 0.3) is 0 Å². The van der Waals surface area contributed by atoms with Gasteiger partial charge >= 0.3 is 0 Å². The lowest BCUT2D eigenvalue weighted by Gasteiger charge is -2.20. The molecule has 106 valence electrons. The van der Waals surface area contributed by atoms with Crippen LogP contribution in [0.25, 0.3) is 0 Å². The van der Waals surface area contributed by atoms with E-state index in [1.165, 1.54) is 11.1 Å². The van der Waals surface area contributed by atoms with Crippen molar-refractivity contribution in [3.05, 3.63) is 69.2 Å². The van der Waals surface area contributed by atoms with E-state index in [0.717, 1.165) is 18.5 Å². The summed E-state index contributed by atoms with van der Waals surface area (Å²) in [6, 6.07) is 14.4. The van der Waals surface area contributed by atoms with Gasteiger partial charge in [-0.1, -0.05) is 61.3 Å². The van der Waals surface area contributed by atoms with Gasteiger partial charge in [-0.2, -0.15) is 0 Å². The summed E-state index contributed by atoms with van der Waals surface area (Å²) in [4.78, 5) is 0. The minimum Gasteiger partial charge on any atom is -0.307 e. The molecule has 2 aromatic rings. The molecule has 0 spiro atoms. The molecule has 0 bridgehead atoms. The number of halogens is 2. The molecule has 1 atom stereocenters. The van der Waals surface area contributed by atoms with Crippen LogP contribution in [-0.2, 0) is 6.42 Å². The molecule has 0 amide bonds. The smallest absolute Gasteiger partial charge is 0.0577 e. The van der Waals surface area contributed by atoms with Gasteiger partial charge in [-0.05, 0) is 47.9 Å². The van der Waals surface area contributed by atoms with Crippen molar-refractivity contribution in [3.8, 4) is 0 Å². The van der Waals surface area contributed by atoms with Crippen molar-refractivity contribution >= 4 is 23.2 Å². The minimum absolute atomic E-state index is 0.114. The molecule has 1 N–H and O–H groups in total. The van der Waals surface area contributed by atoms with E-state index in [2.05, 4.69) is 43.4 Å². The van der Waals surface area contributed by atoms with Crippen molar-refractivity contribution in [1.82, 2.24) is 5.32 Å². The summed E-state index contributed by atoms with van der Waals surface area (Å²) in [7, 11) is 0. The van der Waals surface area contributed by atoms with Crippen molar-refractivity contribution in [2.75, 3.05) is 6.54 Å². The standard InChI is InChI=1S/C17H19Cl2N/c1-3-12-6-5-7-13(8-12)17(20-4-2)14-9-15(18)11-16(19)10-14/h5-11,17,20H,3-4H2,1-2H3. The van der Waals surface area contributed by atoms with Gasteiger partial charge < -0.3 is 5.32 Å². The summed E-state index contributed by atoms with van der Waals surface area (Å²) < 4.78 is 0. The summed E-state index contributed by atoms with van der Waals surface area (Å²) in [5.74, 6) is 0. The van der Waals surface area contributed by atoms with Gasteiger partial charge in [-0.3, -0.25) is 0 Å². The van der Waals surface area contributed by atoms with Crippen molar-refractivity contribution in [3.63, 3.8) is 0 Å². The Morgan fingerprint density at radius 2 is 1.65 bits per heavy atom. The first-order valence-corrected chi connectivity index (χ1v) is 7.67. The molecule has 0 radical (unpaired) electrons. The summed E-state index contributed by atoms with van der Waals surface area (Å²) in [6.07, 6.45) is 1.03. The van der Waals surface area contributed by atoms with Crippen LogP contribution < -0.4 is 5.32 Å². The quantitative estimate of drug-likeness (QED) is 0.795. The van der Waals surface area contributed by atoms with Crippen molar-refractivity contribution in [2.24, 2.45) is 0 Å². The van der Waals surface area contributed by atoms with Gasteiger partial charge in [0, 0.05) is 10.0 Å². The molecule has 2 rings (SSSR count). The van der Waals surface area contributed by atoms with Gasteiger partial charge in [0.2, 0.25) is 0 Å². The maximum absolute atomic E-state index is 6.13. The van der Waals surface area contributed by atoms with E-state index >= 15 is 0 Å². The van der Waals surface area contributed by atoms with Crippen molar-refractivity contribution in [1.29, 1.82) is 0 Å². The molecule has 0 aromatic heterocycles. The Kier molecular flexibility index (Phi) is 5.47. The lowest BCUT2D eigenvalue weighted by Crippen LogP contribution is -2.22. The van der Waals surface area contributed by atoms with Gasteiger partial charge in [-0.15, -0.1) is 0 Å². The molecule has 0 saturated heterocycles. The zero-order valence-electron chi connectivity index (χ0n) is 11.8. The third-order valence-electron chi connectivity index (χ3n) is 3.32. The Morgan fingerprint density at radius 3 is 2.25 bits per heavy atom. The summed E-state index contributed by atoms with van der Waals surface area (Å²) in [6.45, 7) is 5.14. The topological polar surface area (TPSA) is 12.0 Å². The van der Waals surface area contributed by atoms with Crippen LogP contribution in [-0.4, -0.2) is 6.54 Å². The third-order valence-corrected chi connectivity index (χ3v) is 3.76. The third kappa shape index (κ3) is 3.76. The fraction of sp³-hybridized carbons (Fsp3) is 0.294. The van der Waals surface area contributed by atoms with E-state index in [1.54, 1.807) is 6.07 Å². The zero-order chi connectivity index (χ0) is 14.5. The average molecular weight is 308 g/mol. The predicted molar refractivity (Wildman–Crippen MR) is 87.8 cm³/mol. The average Bonchev–Trinajstić information content (AvgIpc) is 2.43. The molecule has 1 unspecified atom stereocenters. The maximum atomic E-state index is 6.13. The van der Waals surface area contributed by atoms with E-state index in [-0.39, 0.29) is 6.04 Å². The predicted octanol–water partition coefficient (Wildman–Crippen LogP) is 5.25. The van der Waals surface area contributed by atoms with E-state index in [4.69, 9.17) is 23.2 Å². The number of hydrogen-bond donors (Lipinski definition) is 1. The number of aryl methyl sites for hydroxylation is 1. The SMILES string of the molecule is CCNC(c1cc(Cl)cc(Cl)c1)c1cccc(CC)c1. The molecule has 3 heteroatoms. The van der Waals surface area contributed by atoms with Crippen LogP contribution >= 0.6 is 23.2 Å². The Morgan fingerprint density at radius 1 is 0.950 bits per heavy atom. The van der Waals surface area contributed by atoms with Crippen molar-refractivity contribution in [2.45, 2.75) is 26.3 Å². The second kappa shape index (κ2) is 7.12. The highest BCUT2D eigenvalue weighted by molar-refractivity contribution is 6.34. The first-order chi connectivity index (χ1) is 9.63. The van der Waals surface area contributed by atoms with Gasteiger partial charge in [0.05, 0.1) is 6.04 Å². The number of hydrogen-bond acceptors (Lipinski definition) is 1.